The number of halogens is 1. The quantitative estimate of drug-likeness (QED) is 0.813. The third-order valence-electron chi connectivity index (χ3n) is 4.41. The summed E-state index contributed by atoms with van der Waals surface area (Å²) in [6, 6.07) is 7.21. The fraction of sp³-hybridized carbons (Fsp3) is 0.647. The zero-order chi connectivity index (χ0) is 16.9. The Morgan fingerprint density at radius 2 is 1.74 bits per heavy atom. The number of nitrogens with one attached hydrogen (secondary N) is 1. The van der Waals surface area contributed by atoms with Gasteiger partial charge in [-0.05, 0) is 49.5 Å². The lowest BCUT2D eigenvalue weighted by Crippen LogP contribution is -2.48. The van der Waals surface area contributed by atoms with E-state index < -0.39 is 10.0 Å². The Hall–Kier alpha value is -0.620. The molecule has 0 saturated carbocycles. The average molecular weight is 359 g/mol. The molecular formula is C17H27ClN2O2S. The van der Waals surface area contributed by atoms with Gasteiger partial charge in [0.2, 0.25) is 10.0 Å². The van der Waals surface area contributed by atoms with E-state index in [4.69, 9.17) is 11.6 Å². The number of hydrogen-bond donors (Lipinski definition) is 1. The molecule has 1 aliphatic heterocycles. The molecule has 23 heavy (non-hydrogen) atoms. The number of likely N-dealkylation sites (tertiary alicyclic amines) is 1. The van der Waals surface area contributed by atoms with Gasteiger partial charge in [0.15, 0.2) is 0 Å². The third kappa shape index (κ3) is 6.07. The molecule has 1 atom stereocenters. The highest BCUT2D eigenvalue weighted by molar-refractivity contribution is 7.88. The SMILES string of the molecule is CC(C)C(CNS(=O)(=O)Cc1ccc(Cl)cc1)N1CCCCC1. The zero-order valence-corrected chi connectivity index (χ0v) is 15.5. The fourth-order valence-corrected chi connectivity index (χ4v) is 4.38. The van der Waals surface area contributed by atoms with Crippen molar-refractivity contribution in [3.05, 3.63) is 34.9 Å². The lowest BCUT2D eigenvalue weighted by atomic mass is 9.99. The van der Waals surface area contributed by atoms with Crippen molar-refractivity contribution >= 4 is 21.6 Å². The second kappa shape index (κ2) is 8.47. The molecule has 0 amide bonds. The van der Waals surface area contributed by atoms with Crippen LogP contribution in [0.1, 0.15) is 38.7 Å². The van der Waals surface area contributed by atoms with Crippen molar-refractivity contribution in [1.29, 1.82) is 0 Å². The van der Waals surface area contributed by atoms with Crippen LogP contribution >= 0.6 is 11.6 Å². The molecule has 1 unspecified atom stereocenters. The molecule has 1 aromatic rings. The van der Waals surface area contributed by atoms with Gasteiger partial charge in [-0.3, -0.25) is 4.90 Å². The van der Waals surface area contributed by atoms with Gasteiger partial charge in [0, 0.05) is 17.6 Å². The summed E-state index contributed by atoms with van der Waals surface area (Å²) in [5, 5.41) is 0.615. The van der Waals surface area contributed by atoms with Gasteiger partial charge >= 0.3 is 0 Å². The normalized spacial score (nSPS) is 18.3. The zero-order valence-electron chi connectivity index (χ0n) is 14.0. The van der Waals surface area contributed by atoms with Gasteiger partial charge in [-0.25, -0.2) is 13.1 Å². The molecule has 4 nitrogen and oxygen atoms in total. The van der Waals surface area contributed by atoms with E-state index in [0.717, 1.165) is 18.7 Å². The van der Waals surface area contributed by atoms with Crippen LogP contribution in [0.2, 0.25) is 5.02 Å². The van der Waals surface area contributed by atoms with E-state index in [0.29, 0.717) is 17.5 Å². The molecule has 1 aliphatic rings. The number of nitrogens with zero attached hydrogens (tertiary/aromatic N) is 1. The van der Waals surface area contributed by atoms with Crippen LogP contribution in [0.3, 0.4) is 0 Å². The molecule has 1 aromatic carbocycles. The Bertz CT molecular complexity index is 581. The van der Waals surface area contributed by atoms with Crippen LogP contribution in [0.15, 0.2) is 24.3 Å². The van der Waals surface area contributed by atoms with Gasteiger partial charge in [0.05, 0.1) is 5.75 Å². The Morgan fingerprint density at radius 1 is 1.13 bits per heavy atom. The second-order valence-electron chi connectivity index (χ2n) is 6.64. The summed E-state index contributed by atoms with van der Waals surface area (Å²) in [7, 11) is -3.33. The molecule has 130 valence electrons. The van der Waals surface area contributed by atoms with Crippen molar-refractivity contribution in [2.24, 2.45) is 5.92 Å². The molecule has 1 N–H and O–H groups in total. The monoisotopic (exact) mass is 358 g/mol. The predicted octanol–water partition coefficient (Wildman–Crippen LogP) is 3.27. The van der Waals surface area contributed by atoms with Gasteiger partial charge in [-0.1, -0.05) is 44.0 Å². The van der Waals surface area contributed by atoms with Crippen molar-refractivity contribution in [2.75, 3.05) is 19.6 Å². The number of rotatable bonds is 7. The van der Waals surface area contributed by atoms with E-state index in [-0.39, 0.29) is 11.8 Å². The summed E-state index contributed by atoms with van der Waals surface area (Å²) in [6.45, 7) is 6.94. The topological polar surface area (TPSA) is 49.4 Å². The van der Waals surface area contributed by atoms with E-state index >= 15 is 0 Å². The molecule has 1 heterocycles. The fourth-order valence-electron chi connectivity index (χ4n) is 3.10. The van der Waals surface area contributed by atoms with Crippen LogP contribution in [0.25, 0.3) is 0 Å². The van der Waals surface area contributed by atoms with Crippen LogP contribution in [0.5, 0.6) is 0 Å². The molecule has 0 aliphatic carbocycles. The van der Waals surface area contributed by atoms with Crippen molar-refractivity contribution < 1.29 is 8.42 Å². The molecule has 0 spiro atoms. The van der Waals surface area contributed by atoms with E-state index in [1.165, 1.54) is 19.3 Å². The molecule has 1 fully saturated rings. The summed E-state index contributed by atoms with van der Waals surface area (Å²) in [5.41, 5.74) is 0.751. The largest absolute Gasteiger partial charge is 0.299 e. The maximum atomic E-state index is 12.3. The van der Waals surface area contributed by atoms with Crippen LogP contribution in [-0.4, -0.2) is 39.0 Å². The first-order valence-corrected chi connectivity index (χ1v) is 10.4. The minimum Gasteiger partial charge on any atom is -0.299 e. The summed E-state index contributed by atoms with van der Waals surface area (Å²) < 4.78 is 27.5. The van der Waals surface area contributed by atoms with E-state index in [1.54, 1.807) is 24.3 Å². The molecule has 0 bridgehead atoms. The Kier molecular flexibility index (Phi) is 6.89. The number of hydrogen-bond acceptors (Lipinski definition) is 3. The van der Waals surface area contributed by atoms with E-state index in [9.17, 15) is 8.42 Å². The summed E-state index contributed by atoms with van der Waals surface area (Å²) in [4.78, 5) is 2.43. The van der Waals surface area contributed by atoms with Gasteiger partial charge in [0.25, 0.3) is 0 Å². The second-order valence-corrected chi connectivity index (χ2v) is 8.89. The first-order valence-electron chi connectivity index (χ1n) is 8.33. The van der Waals surface area contributed by atoms with Gasteiger partial charge < -0.3 is 0 Å². The summed E-state index contributed by atoms with van der Waals surface area (Å²) in [6.07, 6.45) is 3.70. The van der Waals surface area contributed by atoms with Gasteiger partial charge in [-0.15, -0.1) is 0 Å². The van der Waals surface area contributed by atoms with Crippen LogP contribution in [0, 0.1) is 5.92 Å². The lowest BCUT2D eigenvalue weighted by Gasteiger charge is -2.37. The Balaban J connectivity index is 1.94. The molecule has 1 saturated heterocycles. The van der Waals surface area contributed by atoms with Crippen LogP contribution in [0.4, 0.5) is 0 Å². The van der Waals surface area contributed by atoms with Crippen LogP contribution in [-0.2, 0) is 15.8 Å². The first-order chi connectivity index (χ1) is 10.9. The maximum Gasteiger partial charge on any atom is 0.215 e. The minimum absolute atomic E-state index is 0.00498. The Labute approximate surface area is 145 Å². The molecule has 2 rings (SSSR count). The maximum absolute atomic E-state index is 12.3. The van der Waals surface area contributed by atoms with Crippen molar-refractivity contribution in [2.45, 2.75) is 44.9 Å². The van der Waals surface area contributed by atoms with Gasteiger partial charge in [0.1, 0.15) is 0 Å². The third-order valence-corrected chi connectivity index (χ3v) is 5.98. The van der Waals surface area contributed by atoms with E-state index in [1.807, 2.05) is 0 Å². The van der Waals surface area contributed by atoms with Crippen LogP contribution < -0.4 is 4.72 Å². The van der Waals surface area contributed by atoms with Crippen molar-refractivity contribution in [3.63, 3.8) is 0 Å². The van der Waals surface area contributed by atoms with E-state index in [2.05, 4.69) is 23.5 Å². The van der Waals surface area contributed by atoms with Crippen molar-refractivity contribution in [1.82, 2.24) is 9.62 Å². The highest BCUT2D eigenvalue weighted by atomic mass is 35.5. The number of piperidine rings is 1. The summed E-state index contributed by atoms with van der Waals surface area (Å²) in [5.74, 6) is 0.418. The Morgan fingerprint density at radius 3 is 2.30 bits per heavy atom. The lowest BCUT2D eigenvalue weighted by molar-refractivity contribution is 0.130. The molecule has 0 radical (unpaired) electrons. The average Bonchev–Trinajstić information content (AvgIpc) is 2.50. The summed E-state index contributed by atoms with van der Waals surface area (Å²) >= 11 is 5.84. The van der Waals surface area contributed by atoms with Gasteiger partial charge in [-0.2, -0.15) is 0 Å². The number of benzene rings is 1. The molecule has 0 aromatic heterocycles. The highest BCUT2D eigenvalue weighted by Gasteiger charge is 2.25. The predicted molar refractivity (Wildman–Crippen MR) is 96.1 cm³/mol. The minimum atomic E-state index is -3.33. The molecular weight excluding hydrogens is 332 g/mol. The molecule has 6 heteroatoms. The first kappa shape index (κ1) is 18.7. The highest BCUT2D eigenvalue weighted by Crippen LogP contribution is 2.18. The standard InChI is InChI=1S/C17H27ClN2O2S/c1-14(2)17(20-10-4-3-5-11-20)12-19-23(21,22)13-15-6-8-16(18)9-7-15/h6-9,14,17,19H,3-5,10-13H2,1-2H3. The smallest absolute Gasteiger partial charge is 0.215 e. The number of sulfonamides is 1. The van der Waals surface area contributed by atoms with Crippen molar-refractivity contribution in [3.8, 4) is 0 Å².